The molecular formula is C12H14N4O2. The lowest BCUT2D eigenvalue weighted by Crippen LogP contribution is -2.28. The van der Waals surface area contributed by atoms with Gasteiger partial charge >= 0.3 is 0 Å². The number of H-pyrrole nitrogens is 1. The molecule has 0 saturated heterocycles. The average Bonchev–Trinajstić information content (AvgIpc) is 2.74. The SMILES string of the molecule is NC(=O)CCNC(=O)c1cc2cccc(N)c2[nH]1. The minimum absolute atomic E-state index is 0.119. The highest BCUT2D eigenvalue weighted by Gasteiger charge is 2.10. The van der Waals surface area contributed by atoms with Crippen LogP contribution in [0.3, 0.4) is 0 Å². The molecule has 0 spiro atoms. The van der Waals surface area contributed by atoms with Crippen LogP contribution in [0.25, 0.3) is 10.9 Å². The lowest BCUT2D eigenvalue weighted by molar-refractivity contribution is -0.117. The average molecular weight is 246 g/mol. The number of aromatic nitrogens is 1. The summed E-state index contributed by atoms with van der Waals surface area (Å²) in [6.45, 7) is 0.221. The Morgan fingerprint density at radius 2 is 2.11 bits per heavy atom. The fourth-order valence-electron chi connectivity index (χ4n) is 1.70. The Morgan fingerprint density at radius 1 is 1.33 bits per heavy atom. The van der Waals surface area contributed by atoms with Gasteiger partial charge in [-0.2, -0.15) is 0 Å². The van der Waals surface area contributed by atoms with Crippen LogP contribution in [0.2, 0.25) is 0 Å². The van der Waals surface area contributed by atoms with Crippen LogP contribution in [-0.4, -0.2) is 23.3 Å². The second kappa shape index (κ2) is 4.79. The van der Waals surface area contributed by atoms with Crippen molar-refractivity contribution in [3.05, 3.63) is 30.0 Å². The first-order valence-corrected chi connectivity index (χ1v) is 5.51. The maximum atomic E-state index is 11.8. The van der Waals surface area contributed by atoms with E-state index in [4.69, 9.17) is 11.5 Å². The molecule has 0 radical (unpaired) electrons. The Morgan fingerprint density at radius 3 is 2.78 bits per heavy atom. The number of amides is 2. The van der Waals surface area contributed by atoms with E-state index in [9.17, 15) is 9.59 Å². The van der Waals surface area contributed by atoms with Gasteiger partial charge in [-0.15, -0.1) is 0 Å². The van der Waals surface area contributed by atoms with Crippen LogP contribution in [0.4, 0.5) is 5.69 Å². The summed E-state index contributed by atoms with van der Waals surface area (Å²) in [5.41, 5.74) is 12.5. The molecule has 6 nitrogen and oxygen atoms in total. The molecule has 0 fully saturated rings. The number of nitrogen functional groups attached to an aromatic ring is 1. The molecule has 0 aliphatic carbocycles. The number of nitrogens with two attached hydrogens (primary N) is 2. The number of carbonyl (C=O) groups is 2. The van der Waals surface area contributed by atoms with Gasteiger partial charge in [0, 0.05) is 18.4 Å². The summed E-state index contributed by atoms with van der Waals surface area (Å²) in [7, 11) is 0. The van der Waals surface area contributed by atoms with Gasteiger partial charge in [-0.25, -0.2) is 0 Å². The third kappa shape index (κ3) is 2.42. The van der Waals surface area contributed by atoms with Crippen molar-refractivity contribution in [2.75, 3.05) is 12.3 Å². The Balaban J connectivity index is 2.13. The number of hydrogen-bond donors (Lipinski definition) is 4. The molecule has 6 N–H and O–H groups in total. The minimum Gasteiger partial charge on any atom is -0.397 e. The molecule has 1 aromatic carbocycles. The van der Waals surface area contributed by atoms with Crippen LogP contribution in [0, 0.1) is 0 Å². The number of benzene rings is 1. The maximum Gasteiger partial charge on any atom is 0.267 e. The highest BCUT2D eigenvalue weighted by atomic mass is 16.2. The van der Waals surface area contributed by atoms with Crippen LogP contribution in [0.5, 0.6) is 0 Å². The topological polar surface area (TPSA) is 114 Å². The summed E-state index contributed by atoms with van der Waals surface area (Å²) in [5.74, 6) is -0.733. The molecular weight excluding hydrogens is 232 g/mol. The third-order valence-corrected chi connectivity index (χ3v) is 2.59. The molecule has 18 heavy (non-hydrogen) atoms. The molecule has 6 heteroatoms. The molecule has 0 unspecified atom stereocenters. The van der Waals surface area contributed by atoms with E-state index < -0.39 is 5.91 Å². The van der Waals surface area contributed by atoms with Crippen molar-refractivity contribution >= 4 is 28.4 Å². The first kappa shape index (κ1) is 12.0. The number of anilines is 1. The van der Waals surface area contributed by atoms with Crippen LogP contribution in [0.1, 0.15) is 16.9 Å². The van der Waals surface area contributed by atoms with Gasteiger partial charge in [0.2, 0.25) is 5.91 Å². The van der Waals surface area contributed by atoms with E-state index in [1.807, 2.05) is 12.1 Å². The second-order valence-electron chi connectivity index (χ2n) is 3.97. The van der Waals surface area contributed by atoms with E-state index in [0.717, 1.165) is 10.9 Å². The number of hydrogen-bond acceptors (Lipinski definition) is 3. The molecule has 2 aromatic rings. The molecule has 94 valence electrons. The van der Waals surface area contributed by atoms with Crippen molar-refractivity contribution in [1.82, 2.24) is 10.3 Å². The molecule has 0 aliphatic rings. The van der Waals surface area contributed by atoms with Crippen molar-refractivity contribution < 1.29 is 9.59 Å². The largest absolute Gasteiger partial charge is 0.397 e. The van der Waals surface area contributed by atoms with Gasteiger partial charge in [-0.05, 0) is 12.1 Å². The van der Waals surface area contributed by atoms with Crippen molar-refractivity contribution in [1.29, 1.82) is 0 Å². The molecule has 0 atom stereocenters. The lowest BCUT2D eigenvalue weighted by Gasteiger charge is -2.00. The fraction of sp³-hybridized carbons (Fsp3) is 0.167. The number of aromatic amines is 1. The van der Waals surface area contributed by atoms with Gasteiger partial charge in [0.25, 0.3) is 5.91 Å². The van der Waals surface area contributed by atoms with Gasteiger partial charge in [-0.3, -0.25) is 9.59 Å². The highest BCUT2D eigenvalue weighted by molar-refractivity contribution is 6.00. The van der Waals surface area contributed by atoms with Crippen LogP contribution in [-0.2, 0) is 4.79 Å². The summed E-state index contributed by atoms with van der Waals surface area (Å²) in [6, 6.07) is 7.15. The van der Waals surface area contributed by atoms with Gasteiger partial charge in [0.1, 0.15) is 5.69 Å². The number of nitrogens with one attached hydrogen (secondary N) is 2. The van der Waals surface area contributed by atoms with E-state index in [1.165, 1.54) is 0 Å². The number of para-hydroxylation sites is 1. The third-order valence-electron chi connectivity index (χ3n) is 2.59. The highest BCUT2D eigenvalue weighted by Crippen LogP contribution is 2.20. The van der Waals surface area contributed by atoms with Crippen LogP contribution < -0.4 is 16.8 Å². The van der Waals surface area contributed by atoms with E-state index in [2.05, 4.69) is 10.3 Å². The Hall–Kier alpha value is -2.50. The first-order chi connectivity index (χ1) is 8.58. The normalized spacial score (nSPS) is 10.4. The zero-order valence-corrected chi connectivity index (χ0v) is 9.69. The van der Waals surface area contributed by atoms with E-state index >= 15 is 0 Å². The standard InChI is InChI=1S/C12H14N4O2/c13-8-3-1-2-7-6-9(16-11(7)8)12(18)15-5-4-10(14)17/h1-3,6,16H,4-5,13H2,(H2,14,17)(H,15,18). The maximum absolute atomic E-state index is 11.8. The monoisotopic (exact) mass is 246 g/mol. The van der Waals surface area contributed by atoms with Crippen LogP contribution >= 0.6 is 0 Å². The number of primary amides is 1. The fourth-order valence-corrected chi connectivity index (χ4v) is 1.70. The van der Waals surface area contributed by atoms with Crippen molar-refractivity contribution in [3.8, 4) is 0 Å². The molecule has 2 amide bonds. The summed E-state index contributed by atoms with van der Waals surface area (Å²) in [4.78, 5) is 25.3. The van der Waals surface area contributed by atoms with Crippen LogP contribution in [0.15, 0.2) is 24.3 Å². The van der Waals surface area contributed by atoms with E-state index in [-0.39, 0.29) is 18.9 Å². The summed E-state index contributed by atoms with van der Waals surface area (Å²) in [6.07, 6.45) is 0.119. The number of rotatable bonds is 4. The molecule has 0 bridgehead atoms. The first-order valence-electron chi connectivity index (χ1n) is 5.51. The second-order valence-corrected chi connectivity index (χ2v) is 3.97. The summed E-state index contributed by atoms with van der Waals surface area (Å²) >= 11 is 0. The molecule has 2 rings (SSSR count). The van der Waals surface area contributed by atoms with Crippen molar-refractivity contribution in [2.24, 2.45) is 5.73 Å². The predicted molar refractivity (Wildman–Crippen MR) is 68.9 cm³/mol. The van der Waals surface area contributed by atoms with Gasteiger partial charge in [0.05, 0.1) is 11.2 Å². The van der Waals surface area contributed by atoms with Gasteiger partial charge < -0.3 is 21.8 Å². The quantitative estimate of drug-likeness (QED) is 0.584. The van der Waals surface area contributed by atoms with Gasteiger partial charge in [0.15, 0.2) is 0 Å². The Bertz CT molecular complexity index is 603. The molecule has 1 aromatic heterocycles. The van der Waals surface area contributed by atoms with Gasteiger partial charge in [-0.1, -0.05) is 12.1 Å². The number of fused-ring (bicyclic) bond motifs is 1. The smallest absolute Gasteiger partial charge is 0.267 e. The summed E-state index contributed by atoms with van der Waals surface area (Å²) < 4.78 is 0. The lowest BCUT2D eigenvalue weighted by atomic mass is 10.2. The van der Waals surface area contributed by atoms with Crippen molar-refractivity contribution in [3.63, 3.8) is 0 Å². The Kier molecular flexibility index (Phi) is 3.18. The zero-order valence-electron chi connectivity index (χ0n) is 9.69. The van der Waals surface area contributed by atoms with E-state index in [0.29, 0.717) is 11.4 Å². The molecule has 0 saturated carbocycles. The summed E-state index contributed by atoms with van der Waals surface area (Å²) in [5, 5.41) is 3.47. The molecule has 1 heterocycles. The predicted octanol–water partition coefficient (Wildman–Crippen LogP) is 0.355. The zero-order chi connectivity index (χ0) is 13.1. The molecule has 0 aliphatic heterocycles. The number of carbonyl (C=O) groups excluding carboxylic acids is 2. The van der Waals surface area contributed by atoms with E-state index in [1.54, 1.807) is 12.1 Å². The van der Waals surface area contributed by atoms with Crippen molar-refractivity contribution in [2.45, 2.75) is 6.42 Å². The minimum atomic E-state index is -0.448. The Labute approximate surface area is 103 Å².